The maximum Gasteiger partial charge on any atom is 0.254 e. The van der Waals surface area contributed by atoms with Gasteiger partial charge in [0.15, 0.2) is 0 Å². The molecule has 1 atom stereocenters. The lowest BCUT2D eigenvalue weighted by Crippen LogP contribution is -2.40. The average Bonchev–Trinajstić information content (AvgIpc) is 2.50. The first-order chi connectivity index (χ1) is 10.1. The van der Waals surface area contributed by atoms with Gasteiger partial charge in [-0.25, -0.2) is 4.39 Å². The van der Waals surface area contributed by atoms with E-state index in [4.69, 9.17) is 4.74 Å². The van der Waals surface area contributed by atoms with Gasteiger partial charge in [0.05, 0.1) is 6.10 Å². The second kappa shape index (κ2) is 7.55. The fourth-order valence-corrected chi connectivity index (χ4v) is 2.65. The van der Waals surface area contributed by atoms with Crippen molar-refractivity contribution in [2.24, 2.45) is 0 Å². The van der Waals surface area contributed by atoms with Gasteiger partial charge >= 0.3 is 0 Å². The Labute approximate surface area is 126 Å². The molecule has 0 spiro atoms. The van der Waals surface area contributed by atoms with Crippen molar-refractivity contribution in [2.45, 2.75) is 45.6 Å². The topological polar surface area (TPSA) is 29.5 Å². The van der Waals surface area contributed by atoms with Gasteiger partial charge in [-0.05, 0) is 50.3 Å². The Hall–Kier alpha value is -1.42. The van der Waals surface area contributed by atoms with E-state index < -0.39 is 0 Å². The second-order valence-corrected chi connectivity index (χ2v) is 5.70. The van der Waals surface area contributed by atoms with Gasteiger partial charge in [0.1, 0.15) is 5.82 Å². The van der Waals surface area contributed by atoms with Crippen molar-refractivity contribution in [3.8, 4) is 0 Å². The molecule has 0 aliphatic carbocycles. The summed E-state index contributed by atoms with van der Waals surface area (Å²) in [6, 6.07) is 4.69. The summed E-state index contributed by atoms with van der Waals surface area (Å²) in [6.07, 6.45) is 4.24. The van der Waals surface area contributed by atoms with E-state index in [-0.39, 0.29) is 17.8 Å². The molecular formula is C17H24FNO2. The molecule has 1 amide bonds. The van der Waals surface area contributed by atoms with Crippen LogP contribution in [0.15, 0.2) is 18.2 Å². The van der Waals surface area contributed by atoms with Crippen molar-refractivity contribution in [3.05, 3.63) is 35.1 Å². The number of rotatable bonds is 5. The normalized spacial score (nSPS) is 18.5. The van der Waals surface area contributed by atoms with E-state index in [1.807, 2.05) is 6.92 Å². The summed E-state index contributed by atoms with van der Waals surface area (Å²) in [5.41, 5.74) is 0.978. The molecule has 1 unspecified atom stereocenters. The SMILES string of the molecule is CCCN(CC1CCCCO1)C(=O)c1ccc(C)c(F)c1. The highest BCUT2D eigenvalue weighted by atomic mass is 19.1. The molecule has 0 N–H and O–H groups in total. The van der Waals surface area contributed by atoms with Crippen LogP contribution in [-0.4, -0.2) is 36.6 Å². The Balaban J connectivity index is 2.08. The summed E-state index contributed by atoms with van der Waals surface area (Å²) in [5.74, 6) is -0.434. The van der Waals surface area contributed by atoms with Crippen molar-refractivity contribution < 1.29 is 13.9 Å². The van der Waals surface area contributed by atoms with Gasteiger partial charge < -0.3 is 9.64 Å². The largest absolute Gasteiger partial charge is 0.376 e. The predicted octanol–water partition coefficient (Wildman–Crippen LogP) is 3.56. The Bertz CT molecular complexity index is 484. The van der Waals surface area contributed by atoms with Gasteiger partial charge in [0.2, 0.25) is 0 Å². The number of hydrogen-bond acceptors (Lipinski definition) is 2. The molecule has 1 saturated heterocycles. The Morgan fingerprint density at radius 3 is 2.86 bits per heavy atom. The third-order valence-electron chi connectivity index (χ3n) is 3.90. The molecule has 2 rings (SSSR count). The lowest BCUT2D eigenvalue weighted by Gasteiger charge is -2.30. The van der Waals surface area contributed by atoms with Crippen LogP contribution in [0.5, 0.6) is 0 Å². The van der Waals surface area contributed by atoms with Gasteiger partial charge in [-0.1, -0.05) is 13.0 Å². The van der Waals surface area contributed by atoms with E-state index in [2.05, 4.69) is 0 Å². The minimum absolute atomic E-state index is 0.107. The lowest BCUT2D eigenvalue weighted by molar-refractivity contribution is -0.00384. The average molecular weight is 293 g/mol. The summed E-state index contributed by atoms with van der Waals surface area (Å²) in [7, 11) is 0. The van der Waals surface area contributed by atoms with Gasteiger partial charge in [-0.15, -0.1) is 0 Å². The lowest BCUT2D eigenvalue weighted by atomic mass is 10.1. The molecule has 0 aromatic heterocycles. The van der Waals surface area contributed by atoms with Crippen molar-refractivity contribution in [2.75, 3.05) is 19.7 Å². The summed E-state index contributed by atoms with van der Waals surface area (Å²) < 4.78 is 19.4. The predicted molar refractivity (Wildman–Crippen MR) is 80.9 cm³/mol. The van der Waals surface area contributed by atoms with Gasteiger partial charge in [0, 0.05) is 25.3 Å². The van der Waals surface area contributed by atoms with Crippen molar-refractivity contribution in [1.82, 2.24) is 4.90 Å². The van der Waals surface area contributed by atoms with Crippen LogP contribution in [0.2, 0.25) is 0 Å². The molecular weight excluding hydrogens is 269 g/mol. The summed E-state index contributed by atoms with van der Waals surface area (Å²) in [4.78, 5) is 14.4. The van der Waals surface area contributed by atoms with Crippen LogP contribution in [0, 0.1) is 12.7 Å². The molecule has 1 heterocycles. The van der Waals surface area contributed by atoms with Crippen LogP contribution < -0.4 is 0 Å². The molecule has 21 heavy (non-hydrogen) atoms. The molecule has 1 fully saturated rings. The summed E-state index contributed by atoms with van der Waals surface area (Å²) in [6.45, 7) is 5.79. The smallest absolute Gasteiger partial charge is 0.254 e. The quantitative estimate of drug-likeness (QED) is 0.831. The van der Waals surface area contributed by atoms with E-state index in [1.54, 1.807) is 24.0 Å². The van der Waals surface area contributed by atoms with Crippen LogP contribution in [-0.2, 0) is 4.74 Å². The van der Waals surface area contributed by atoms with E-state index in [0.717, 1.165) is 32.3 Å². The minimum atomic E-state index is -0.328. The van der Waals surface area contributed by atoms with Gasteiger partial charge in [-0.2, -0.15) is 0 Å². The zero-order chi connectivity index (χ0) is 15.2. The monoisotopic (exact) mass is 293 g/mol. The number of ether oxygens (including phenoxy) is 1. The molecule has 1 aromatic rings. The molecule has 4 heteroatoms. The first-order valence-corrected chi connectivity index (χ1v) is 7.79. The number of halogens is 1. The van der Waals surface area contributed by atoms with Crippen LogP contribution in [0.1, 0.15) is 48.5 Å². The molecule has 0 radical (unpaired) electrons. The standard InChI is InChI=1S/C17H24FNO2/c1-3-9-19(12-15-6-4-5-10-21-15)17(20)14-8-7-13(2)16(18)11-14/h7-8,11,15H,3-6,9-10,12H2,1-2H3. The highest BCUT2D eigenvalue weighted by molar-refractivity contribution is 5.94. The molecule has 0 bridgehead atoms. The number of aryl methyl sites for hydroxylation is 1. The van der Waals surface area contributed by atoms with Crippen LogP contribution in [0.25, 0.3) is 0 Å². The second-order valence-electron chi connectivity index (χ2n) is 5.70. The van der Waals surface area contributed by atoms with Gasteiger partial charge in [-0.3, -0.25) is 4.79 Å². The van der Waals surface area contributed by atoms with E-state index in [0.29, 0.717) is 24.2 Å². The zero-order valence-corrected chi connectivity index (χ0v) is 12.9. The van der Waals surface area contributed by atoms with Crippen molar-refractivity contribution >= 4 is 5.91 Å². The molecule has 1 aliphatic rings. The van der Waals surface area contributed by atoms with Crippen LogP contribution in [0.3, 0.4) is 0 Å². The first kappa shape index (κ1) is 16.0. The Kier molecular flexibility index (Phi) is 5.74. The van der Waals surface area contributed by atoms with E-state index in [9.17, 15) is 9.18 Å². The molecule has 0 saturated carbocycles. The fraction of sp³-hybridized carbons (Fsp3) is 0.588. The maximum absolute atomic E-state index is 13.7. The molecule has 1 aliphatic heterocycles. The number of amides is 1. The summed E-state index contributed by atoms with van der Waals surface area (Å²) in [5, 5.41) is 0. The maximum atomic E-state index is 13.7. The molecule has 1 aromatic carbocycles. The van der Waals surface area contributed by atoms with E-state index in [1.165, 1.54) is 6.07 Å². The Morgan fingerprint density at radius 1 is 1.43 bits per heavy atom. The third-order valence-corrected chi connectivity index (χ3v) is 3.90. The zero-order valence-electron chi connectivity index (χ0n) is 12.9. The third kappa shape index (κ3) is 4.27. The summed E-state index contributed by atoms with van der Waals surface area (Å²) >= 11 is 0. The number of hydrogen-bond donors (Lipinski definition) is 0. The number of carbonyl (C=O) groups excluding carboxylic acids is 1. The number of nitrogens with zero attached hydrogens (tertiary/aromatic N) is 1. The van der Waals surface area contributed by atoms with Gasteiger partial charge in [0.25, 0.3) is 5.91 Å². The van der Waals surface area contributed by atoms with Crippen LogP contribution in [0.4, 0.5) is 4.39 Å². The molecule has 3 nitrogen and oxygen atoms in total. The number of carbonyl (C=O) groups is 1. The minimum Gasteiger partial charge on any atom is -0.376 e. The highest BCUT2D eigenvalue weighted by Crippen LogP contribution is 2.17. The van der Waals surface area contributed by atoms with Crippen LogP contribution >= 0.6 is 0 Å². The van der Waals surface area contributed by atoms with Crippen molar-refractivity contribution in [1.29, 1.82) is 0 Å². The van der Waals surface area contributed by atoms with E-state index >= 15 is 0 Å². The first-order valence-electron chi connectivity index (χ1n) is 7.79. The fourth-order valence-electron chi connectivity index (χ4n) is 2.65. The Morgan fingerprint density at radius 2 is 2.24 bits per heavy atom. The number of benzene rings is 1. The van der Waals surface area contributed by atoms with Crippen molar-refractivity contribution in [3.63, 3.8) is 0 Å². The molecule has 116 valence electrons. The highest BCUT2D eigenvalue weighted by Gasteiger charge is 2.22.